The second kappa shape index (κ2) is 4.96. The van der Waals surface area contributed by atoms with Crippen LogP contribution in [0.2, 0.25) is 0 Å². The van der Waals surface area contributed by atoms with Crippen molar-refractivity contribution in [1.29, 1.82) is 0 Å². The second-order valence-corrected chi connectivity index (χ2v) is 4.73. The summed E-state index contributed by atoms with van der Waals surface area (Å²) < 4.78 is 18.0. The van der Waals surface area contributed by atoms with Gasteiger partial charge in [-0.05, 0) is 33.5 Å². The van der Waals surface area contributed by atoms with Crippen LogP contribution in [0.4, 0.5) is 4.39 Å². The van der Waals surface area contributed by atoms with Gasteiger partial charge in [0, 0.05) is 5.56 Å². The molecule has 0 aliphatic rings. The molecule has 0 saturated heterocycles. The summed E-state index contributed by atoms with van der Waals surface area (Å²) in [5, 5.41) is 3.71. The third kappa shape index (κ3) is 2.12. The van der Waals surface area contributed by atoms with Gasteiger partial charge in [0.05, 0.1) is 21.6 Å². The fraction of sp³-hybridized carbons (Fsp3) is 0.111. The number of nitrogens with zero attached hydrogens (tertiary/aromatic N) is 2. The van der Waals surface area contributed by atoms with Crippen LogP contribution < -0.4 is 11.3 Å². The summed E-state index contributed by atoms with van der Waals surface area (Å²) in [5.41, 5.74) is 3.02. The topological polar surface area (TPSA) is 63.8 Å². The Morgan fingerprint density at radius 1 is 1.50 bits per heavy atom. The Morgan fingerprint density at radius 2 is 2.31 bits per heavy atom. The van der Waals surface area contributed by atoms with Crippen molar-refractivity contribution < 1.29 is 4.39 Å². The molecular weight excluding hydrogens is 295 g/mol. The average molecular weight is 303 g/mol. The number of nitrogens with two attached hydrogens (primary N) is 1. The number of benzene rings is 1. The molecule has 84 valence electrons. The Morgan fingerprint density at radius 3 is 2.94 bits per heavy atom. The van der Waals surface area contributed by atoms with Crippen LogP contribution in [-0.2, 0) is 0 Å². The quantitative estimate of drug-likeness (QED) is 0.672. The van der Waals surface area contributed by atoms with Crippen molar-refractivity contribution >= 4 is 27.5 Å². The lowest BCUT2D eigenvalue weighted by Gasteiger charge is -2.14. The van der Waals surface area contributed by atoms with E-state index in [-0.39, 0.29) is 5.82 Å². The first-order valence-corrected chi connectivity index (χ1v) is 5.98. The van der Waals surface area contributed by atoms with E-state index in [1.807, 2.05) is 0 Å². The van der Waals surface area contributed by atoms with E-state index in [1.165, 1.54) is 11.5 Å². The number of aromatic nitrogens is 2. The minimum absolute atomic E-state index is 0.334. The van der Waals surface area contributed by atoms with Crippen LogP contribution in [0.3, 0.4) is 0 Å². The van der Waals surface area contributed by atoms with Gasteiger partial charge in [-0.15, -0.1) is 5.10 Å². The monoisotopic (exact) mass is 302 g/mol. The summed E-state index contributed by atoms with van der Waals surface area (Å²) in [7, 11) is 0. The van der Waals surface area contributed by atoms with E-state index in [1.54, 1.807) is 24.4 Å². The van der Waals surface area contributed by atoms with Crippen molar-refractivity contribution in [3.8, 4) is 0 Å². The maximum absolute atomic E-state index is 13.9. The van der Waals surface area contributed by atoms with Gasteiger partial charge in [0.15, 0.2) is 0 Å². The molecule has 0 saturated carbocycles. The predicted octanol–water partition coefficient (Wildman–Crippen LogP) is 1.99. The molecule has 1 heterocycles. The van der Waals surface area contributed by atoms with E-state index in [4.69, 9.17) is 5.84 Å². The fourth-order valence-corrected chi connectivity index (χ4v) is 2.34. The molecule has 1 aromatic carbocycles. The zero-order chi connectivity index (χ0) is 11.5. The van der Waals surface area contributed by atoms with Crippen molar-refractivity contribution in [3.63, 3.8) is 0 Å². The number of hydrazine groups is 1. The maximum Gasteiger partial charge on any atom is 0.142 e. The van der Waals surface area contributed by atoms with Gasteiger partial charge in [0.2, 0.25) is 0 Å². The Balaban J connectivity index is 2.45. The van der Waals surface area contributed by atoms with Crippen molar-refractivity contribution in [2.24, 2.45) is 5.84 Å². The van der Waals surface area contributed by atoms with Crippen molar-refractivity contribution in [2.45, 2.75) is 6.04 Å². The summed E-state index contributed by atoms with van der Waals surface area (Å²) in [6.45, 7) is 0. The van der Waals surface area contributed by atoms with Crippen molar-refractivity contribution in [3.05, 3.63) is 45.1 Å². The van der Waals surface area contributed by atoms with E-state index in [2.05, 4.69) is 30.9 Å². The minimum Gasteiger partial charge on any atom is -0.271 e. The molecule has 0 aliphatic heterocycles. The van der Waals surface area contributed by atoms with Gasteiger partial charge in [0.1, 0.15) is 5.82 Å². The van der Waals surface area contributed by atoms with Crippen LogP contribution in [0, 0.1) is 5.82 Å². The standard InChI is InChI=1S/C9H8BrFN4S/c10-6-3-1-2-5(8(6)11)9(14-12)7-4-13-15-16-7/h1-4,9,14H,12H2. The van der Waals surface area contributed by atoms with Gasteiger partial charge in [-0.3, -0.25) is 5.84 Å². The van der Waals surface area contributed by atoms with Gasteiger partial charge in [-0.1, -0.05) is 16.6 Å². The molecule has 16 heavy (non-hydrogen) atoms. The van der Waals surface area contributed by atoms with Crippen LogP contribution in [0.5, 0.6) is 0 Å². The molecule has 4 nitrogen and oxygen atoms in total. The lowest BCUT2D eigenvalue weighted by Crippen LogP contribution is -2.29. The average Bonchev–Trinajstić information content (AvgIpc) is 2.79. The first-order valence-electron chi connectivity index (χ1n) is 4.41. The van der Waals surface area contributed by atoms with Crippen LogP contribution in [-0.4, -0.2) is 9.59 Å². The largest absolute Gasteiger partial charge is 0.271 e. The normalized spacial score (nSPS) is 12.7. The van der Waals surface area contributed by atoms with Gasteiger partial charge in [-0.2, -0.15) is 0 Å². The van der Waals surface area contributed by atoms with Crippen LogP contribution in [0.15, 0.2) is 28.9 Å². The molecule has 1 atom stereocenters. The number of hydrogen-bond acceptors (Lipinski definition) is 5. The third-order valence-corrected chi connectivity index (χ3v) is 3.46. The van der Waals surface area contributed by atoms with Crippen LogP contribution in [0.25, 0.3) is 0 Å². The summed E-state index contributed by atoms with van der Waals surface area (Å²) in [5.74, 6) is 5.10. The van der Waals surface area contributed by atoms with E-state index < -0.39 is 6.04 Å². The molecule has 0 aliphatic carbocycles. The Labute approximate surface area is 104 Å². The van der Waals surface area contributed by atoms with Crippen molar-refractivity contribution in [1.82, 2.24) is 15.0 Å². The SMILES string of the molecule is NNC(c1cnns1)c1cccc(Br)c1F. The summed E-state index contributed by atoms with van der Waals surface area (Å²) >= 11 is 4.31. The molecule has 0 fully saturated rings. The molecule has 2 aromatic rings. The molecule has 1 aromatic heterocycles. The summed E-state index contributed by atoms with van der Waals surface area (Å²) in [6, 6.07) is 4.63. The molecular formula is C9H8BrFN4S. The first kappa shape index (κ1) is 11.6. The van der Waals surface area contributed by atoms with E-state index in [0.717, 1.165) is 4.88 Å². The highest BCUT2D eigenvalue weighted by atomic mass is 79.9. The maximum atomic E-state index is 13.9. The predicted molar refractivity (Wildman–Crippen MR) is 63.2 cm³/mol. The molecule has 3 N–H and O–H groups in total. The van der Waals surface area contributed by atoms with Gasteiger partial charge in [-0.25, -0.2) is 9.82 Å². The molecule has 0 amide bonds. The zero-order valence-corrected chi connectivity index (χ0v) is 10.4. The highest BCUT2D eigenvalue weighted by Gasteiger charge is 2.19. The molecule has 7 heteroatoms. The summed E-state index contributed by atoms with van der Waals surface area (Å²) in [6.07, 6.45) is 1.57. The lowest BCUT2D eigenvalue weighted by atomic mass is 10.1. The Bertz CT molecular complexity index is 476. The van der Waals surface area contributed by atoms with Crippen LogP contribution in [0.1, 0.15) is 16.5 Å². The number of rotatable bonds is 3. The highest BCUT2D eigenvalue weighted by Crippen LogP contribution is 2.28. The molecule has 0 bridgehead atoms. The molecule has 2 rings (SSSR count). The van der Waals surface area contributed by atoms with Gasteiger partial charge in [0.25, 0.3) is 0 Å². The van der Waals surface area contributed by atoms with Crippen LogP contribution >= 0.6 is 27.5 Å². The fourth-order valence-electron chi connectivity index (χ4n) is 1.37. The van der Waals surface area contributed by atoms with E-state index in [9.17, 15) is 4.39 Å². The number of halogens is 2. The zero-order valence-electron chi connectivity index (χ0n) is 8.02. The van der Waals surface area contributed by atoms with E-state index >= 15 is 0 Å². The number of hydrogen-bond donors (Lipinski definition) is 2. The van der Waals surface area contributed by atoms with E-state index in [0.29, 0.717) is 10.0 Å². The lowest BCUT2D eigenvalue weighted by molar-refractivity contribution is 0.559. The first-order chi connectivity index (χ1) is 7.74. The smallest absolute Gasteiger partial charge is 0.142 e. The van der Waals surface area contributed by atoms with Crippen molar-refractivity contribution in [2.75, 3.05) is 0 Å². The van der Waals surface area contributed by atoms with Gasteiger partial charge >= 0.3 is 0 Å². The minimum atomic E-state index is -0.433. The molecule has 0 radical (unpaired) electrons. The highest BCUT2D eigenvalue weighted by molar-refractivity contribution is 9.10. The molecule has 0 spiro atoms. The molecule has 1 unspecified atom stereocenters. The second-order valence-electron chi connectivity index (χ2n) is 3.06. The Kier molecular flexibility index (Phi) is 3.59. The summed E-state index contributed by atoms with van der Waals surface area (Å²) in [4.78, 5) is 0.763. The number of nitrogens with one attached hydrogen (secondary N) is 1. The Hall–Kier alpha value is -0.890. The van der Waals surface area contributed by atoms with Gasteiger partial charge < -0.3 is 0 Å². The third-order valence-electron chi connectivity index (χ3n) is 2.12.